The van der Waals surface area contributed by atoms with Crippen molar-refractivity contribution in [2.75, 3.05) is 0 Å². The first-order valence-corrected chi connectivity index (χ1v) is 7.05. The minimum atomic E-state index is -0.674. The lowest BCUT2D eigenvalue weighted by atomic mass is 10.0. The molecule has 0 aromatic heterocycles. The second-order valence-electron chi connectivity index (χ2n) is 5.24. The van der Waals surface area contributed by atoms with Gasteiger partial charge in [-0.05, 0) is 18.4 Å². The van der Waals surface area contributed by atoms with Crippen molar-refractivity contribution in [2.24, 2.45) is 5.73 Å². The van der Waals surface area contributed by atoms with Gasteiger partial charge in [0, 0.05) is 12.5 Å². The number of carbonyl (C=O) groups excluding carboxylic acids is 2. The maximum absolute atomic E-state index is 12.3. The third-order valence-corrected chi connectivity index (χ3v) is 3.62. The van der Waals surface area contributed by atoms with E-state index in [2.05, 4.69) is 10.6 Å². The quantitative estimate of drug-likeness (QED) is 0.757. The Hall–Kier alpha value is -2.04. The van der Waals surface area contributed by atoms with E-state index >= 15 is 0 Å². The summed E-state index contributed by atoms with van der Waals surface area (Å²) >= 11 is 0. The lowest BCUT2D eigenvalue weighted by molar-refractivity contribution is -0.123. The second-order valence-corrected chi connectivity index (χ2v) is 5.24. The summed E-state index contributed by atoms with van der Waals surface area (Å²) in [6.45, 7) is 0. The van der Waals surface area contributed by atoms with Crippen LogP contribution < -0.4 is 16.4 Å². The number of amides is 3. The summed E-state index contributed by atoms with van der Waals surface area (Å²) in [7, 11) is 0. The first-order chi connectivity index (χ1) is 9.65. The van der Waals surface area contributed by atoms with Gasteiger partial charge in [0.05, 0.1) is 0 Å². The highest BCUT2D eigenvalue weighted by Gasteiger charge is 2.24. The van der Waals surface area contributed by atoms with Gasteiger partial charge in [-0.3, -0.25) is 4.79 Å². The molecule has 1 aromatic carbocycles. The van der Waals surface area contributed by atoms with Gasteiger partial charge in [0.2, 0.25) is 5.91 Å². The molecule has 20 heavy (non-hydrogen) atoms. The molecule has 1 aliphatic carbocycles. The lowest BCUT2D eigenvalue weighted by Crippen LogP contribution is -2.51. The highest BCUT2D eigenvalue weighted by atomic mass is 16.2. The van der Waals surface area contributed by atoms with Crippen LogP contribution in [0.15, 0.2) is 30.3 Å². The van der Waals surface area contributed by atoms with E-state index < -0.39 is 12.1 Å². The van der Waals surface area contributed by atoms with Gasteiger partial charge in [0.1, 0.15) is 6.04 Å². The van der Waals surface area contributed by atoms with Crippen molar-refractivity contribution in [3.05, 3.63) is 35.9 Å². The highest BCUT2D eigenvalue weighted by molar-refractivity contribution is 5.87. The van der Waals surface area contributed by atoms with Gasteiger partial charge in [-0.25, -0.2) is 4.79 Å². The molecule has 1 fully saturated rings. The topological polar surface area (TPSA) is 84.2 Å². The summed E-state index contributed by atoms with van der Waals surface area (Å²) < 4.78 is 0. The van der Waals surface area contributed by atoms with Crippen molar-refractivity contribution < 1.29 is 9.59 Å². The van der Waals surface area contributed by atoms with Gasteiger partial charge in [0.25, 0.3) is 0 Å². The molecule has 1 atom stereocenters. The van der Waals surface area contributed by atoms with Crippen LogP contribution in [-0.4, -0.2) is 24.0 Å². The molecule has 1 saturated carbocycles. The molecular weight excluding hydrogens is 254 g/mol. The number of carbonyl (C=O) groups is 2. The number of hydrogen-bond donors (Lipinski definition) is 3. The molecule has 0 spiro atoms. The Kier molecular flexibility index (Phi) is 4.98. The number of nitrogens with one attached hydrogen (secondary N) is 2. The van der Waals surface area contributed by atoms with Crippen LogP contribution >= 0.6 is 0 Å². The van der Waals surface area contributed by atoms with Crippen LogP contribution in [0.1, 0.15) is 31.2 Å². The zero-order chi connectivity index (χ0) is 14.4. The largest absolute Gasteiger partial charge is 0.352 e. The number of hydrogen-bond acceptors (Lipinski definition) is 2. The van der Waals surface area contributed by atoms with E-state index in [0.29, 0.717) is 6.42 Å². The smallest absolute Gasteiger partial charge is 0.312 e. The monoisotopic (exact) mass is 275 g/mol. The van der Waals surface area contributed by atoms with Crippen molar-refractivity contribution in [3.63, 3.8) is 0 Å². The molecule has 0 radical (unpaired) electrons. The van der Waals surface area contributed by atoms with Crippen LogP contribution in [0.3, 0.4) is 0 Å². The molecule has 5 nitrogen and oxygen atoms in total. The average molecular weight is 275 g/mol. The average Bonchev–Trinajstić information content (AvgIpc) is 2.91. The molecular formula is C15H21N3O2. The van der Waals surface area contributed by atoms with Crippen LogP contribution in [0.25, 0.3) is 0 Å². The maximum Gasteiger partial charge on any atom is 0.312 e. The van der Waals surface area contributed by atoms with Gasteiger partial charge in [0.15, 0.2) is 0 Å². The van der Waals surface area contributed by atoms with Crippen LogP contribution in [0.2, 0.25) is 0 Å². The van der Waals surface area contributed by atoms with E-state index in [1.165, 1.54) is 0 Å². The Balaban J connectivity index is 1.98. The van der Waals surface area contributed by atoms with Crippen molar-refractivity contribution >= 4 is 11.9 Å². The van der Waals surface area contributed by atoms with Gasteiger partial charge < -0.3 is 16.4 Å². The fourth-order valence-electron chi connectivity index (χ4n) is 2.60. The summed E-state index contributed by atoms with van der Waals surface area (Å²) in [6.07, 6.45) is 4.78. The Morgan fingerprint density at radius 1 is 1.20 bits per heavy atom. The summed E-state index contributed by atoms with van der Waals surface area (Å²) in [6, 6.07) is 8.53. The Morgan fingerprint density at radius 2 is 1.85 bits per heavy atom. The Labute approximate surface area is 118 Å². The van der Waals surface area contributed by atoms with E-state index in [1.807, 2.05) is 30.3 Å². The number of rotatable bonds is 5. The van der Waals surface area contributed by atoms with E-state index in [-0.39, 0.29) is 11.9 Å². The third-order valence-electron chi connectivity index (χ3n) is 3.62. The molecule has 0 heterocycles. The normalized spacial score (nSPS) is 16.6. The molecule has 5 heteroatoms. The summed E-state index contributed by atoms with van der Waals surface area (Å²) in [5, 5.41) is 5.52. The molecule has 0 aliphatic heterocycles. The lowest BCUT2D eigenvalue weighted by Gasteiger charge is -2.20. The van der Waals surface area contributed by atoms with Crippen molar-refractivity contribution in [1.82, 2.24) is 10.6 Å². The van der Waals surface area contributed by atoms with Gasteiger partial charge in [-0.2, -0.15) is 0 Å². The predicted octanol–water partition coefficient (Wildman–Crippen LogP) is 1.32. The summed E-state index contributed by atoms with van der Waals surface area (Å²) in [5.74, 6) is -0.153. The molecule has 108 valence electrons. The second kappa shape index (κ2) is 6.93. The molecule has 1 aliphatic rings. The minimum absolute atomic E-state index is 0.153. The molecule has 2 rings (SSSR count). The Morgan fingerprint density at radius 3 is 2.45 bits per heavy atom. The van der Waals surface area contributed by atoms with Gasteiger partial charge in [-0.1, -0.05) is 43.2 Å². The van der Waals surface area contributed by atoms with Crippen LogP contribution in [0.5, 0.6) is 0 Å². The van der Waals surface area contributed by atoms with E-state index in [1.54, 1.807) is 0 Å². The zero-order valence-corrected chi connectivity index (χ0v) is 11.5. The van der Waals surface area contributed by atoms with Crippen molar-refractivity contribution in [2.45, 2.75) is 44.2 Å². The Bertz CT molecular complexity index is 455. The molecule has 4 N–H and O–H groups in total. The molecule has 0 unspecified atom stereocenters. The fourth-order valence-corrected chi connectivity index (χ4v) is 2.60. The van der Waals surface area contributed by atoms with Gasteiger partial charge in [-0.15, -0.1) is 0 Å². The number of benzene rings is 1. The van der Waals surface area contributed by atoms with Crippen molar-refractivity contribution in [3.8, 4) is 0 Å². The van der Waals surface area contributed by atoms with E-state index in [0.717, 1.165) is 31.2 Å². The first kappa shape index (κ1) is 14.4. The number of urea groups is 1. The van der Waals surface area contributed by atoms with Gasteiger partial charge >= 0.3 is 6.03 Å². The van der Waals surface area contributed by atoms with E-state index in [4.69, 9.17) is 5.73 Å². The predicted molar refractivity (Wildman–Crippen MR) is 77.1 cm³/mol. The van der Waals surface area contributed by atoms with Crippen LogP contribution in [-0.2, 0) is 11.2 Å². The van der Waals surface area contributed by atoms with Crippen LogP contribution in [0.4, 0.5) is 4.79 Å². The first-order valence-electron chi connectivity index (χ1n) is 7.05. The molecule has 0 saturated heterocycles. The standard InChI is InChI=1S/C15H21N3O2/c16-15(20)18-13(10-11-6-2-1-3-7-11)14(19)17-12-8-4-5-9-12/h1-3,6-7,12-13H,4-5,8-10H2,(H,17,19)(H3,16,18,20)/t13-/m1/s1. The van der Waals surface area contributed by atoms with E-state index in [9.17, 15) is 9.59 Å². The SMILES string of the molecule is NC(=O)N[C@H](Cc1ccccc1)C(=O)NC1CCCC1. The summed E-state index contributed by atoms with van der Waals surface area (Å²) in [5.41, 5.74) is 6.16. The van der Waals surface area contributed by atoms with Crippen molar-refractivity contribution in [1.29, 1.82) is 0 Å². The minimum Gasteiger partial charge on any atom is -0.352 e. The third kappa shape index (κ3) is 4.26. The zero-order valence-electron chi connectivity index (χ0n) is 11.5. The maximum atomic E-state index is 12.3. The summed E-state index contributed by atoms with van der Waals surface area (Å²) in [4.78, 5) is 23.3. The molecule has 1 aromatic rings. The highest BCUT2D eigenvalue weighted by Crippen LogP contribution is 2.17. The molecule has 0 bridgehead atoms. The number of nitrogens with two attached hydrogens (primary N) is 1. The van der Waals surface area contributed by atoms with Crippen LogP contribution in [0, 0.1) is 0 Å². The fraction of sp³-hybridized carbons (Fsp3) is 0.467. The molecule has 3 amide bonds. The number of primary amides is 1.